The molecule has 0 radical (unpaired) electrons. The van der Waals surface area contributed by atoms with Crippen molar-refractivity contribution >= 4 is 17.3 Å². The lowest BCUT2D eigenvalue weighted by molar-refractivity contribution is 0.152. The summed E-state index contributed by atoms with van der Waals surface area (Å²) in [5.41, 5.74) is 2.27. The molecule has 1 aliphatic heterocycles. The molecule has 0 aliphatic carbocycles. The van der Waals surface area contributed by atoms with Crippen LogP contribution in [0, 0.1) is 5.82 Å². The molecule has 0 amide bonds. The number of hydrogen-bond donors (Lipinski definition) is 2. The Balaban J connectivity index is 1.89. The van der Waals surface area contributed by atoms with Crippen molar-refractivity contribution in [3.8, 4) is 0 Å². The quantitative estimate of drug-likeness (QED) is 0.880. The summed E-state index contributed by atoms with van der Waals surface area (Å²) in [5, 5.41) is 13.8. The van der Waals surface area contributed by atoms with Gasteiger partial charge in [-0.2, -0.15) is 0 Å². The molecule has 98 valence electrons. The minimum absolute atomic E-state index is 0.162. The Labute approximate surface area is 115 Å². The van der Waals surface area contributed by atoms with Crippen molar-refractivity contribution in [3.05, 3.63) is 64.4 Å². The van der Waals surface area contributed by atoms with Crippen LogP contribution in [0.1, 0.15) is 17.2 Å². The molecular weight excluding hydrogens is 265 g/mol. The maximum Gasteiger partial charge on any atom is 0.130 e. The molecule has 1 heterocycles. The fraction of sp³-hybridized carbons (Fsp3) is 0.200. The van der Waals surface area contributed by atoms with Gasteiger partial charge in [0, 0.05) is 16.3 Å². The molecule has 0 saturated heterocycles. The third kappa shape index (κ3) is 2.20. The fourth-order valence-electron chi connectivity index (χ4n) is 2.51. The van der Waals surface area contributed by atoms with E-state index in [1.165, 1.54) is 12.1 Å². The number of benzene rings is 2. The molecule has 0 bridgehead atoms. The van der Waals surface area contributed by atoms with Crippen LogP contribution < -0.4 is 5.32 Å². The summed E-state index contributed by atoms with van der Waals surface area (Å²) in [6.45, 7) is 0. The first-order valence-electron chi connectivity index (χ1n) is 6.13. The zero-order valence-electron chi connectivity index (χ0n) is 10.1. The van der Waals surface area contributed by atoms with Crippen molar-refractivity contribution < 1.29 is 9.50 Å². The first kappa shape index (κ1) is 12.5. The van der Waals surface area contributed by atoms with Gasteiger partial charge in [0.05, 0.1) is 6.04 Å². The monoisotopic (exact) mass is 277 g/mol. The average Bonchev–Trinajstić information content (AvgIpc) is 2.82. The normalized spacial score (nSPS) is 18.8. The van der Waals surface area contributed by atoms with Crippen LogP contribution in [0.2, 0.25) is 5.02 Å². The standard InChI is InChI=1S/C15H13ClFNO/c16-10-5-3-6-11(17)14(10)15(19)13-8-9-4-1-2-7-12(9)18-13/h1-7,13,15,18-19H,8H2. The molecule has 2 atom stereocenters. The van der Waals surface area contributed by atoms with Crippen molar-refractivity contribution in [3.63, 3.8) is 0 Å². The number of halogens is 2. The number of rotatable bonds is 2. The molecule has 1 aliphatic rings. The second-order valence-corrected chi connectivity index (χ2v) is 5.10. The summed E-state index contributed by atoms with van der Waals surface area (Å²) < 4.78 is 13.8. The van der Waals surface area contributed by atoms with Gasteiger partial charge in [0.25, 0.3) is 0 Å². The van der Waals surface area contributed by atoms with Crippen LogP contribution in [0.4, 0.5) is 10.1 Å². The van der Waals surface area contributed by atoms with Gasteiger partial charge in [0.1, 0.15) is 11.9 Å². The summed E-state index contributed by atoms with van der Waals surface area (Å²) in [6, 6.07) is 12.0. The van der Waals surface area contributed by atoms with E-state index in [4.69, 9.17) is 11.6 Å². The molecule has 2 N–H and O–H groups in total. The smallest absolute Gasteiger partial charge is 0.130 e. The Kier molecular flexibility index (Phi) is 3.17. The van der Waals surface area contributed by atoms with Crippen molar-refractivity contribution in [1.29, 1.82) is 0 Å². The van der Waals surface area contributed by atoms with Crippen LogP contribution in [0.25, 0.3) is 0 Å². The lowest BCUT2D eigenvalue weighted by atomic mass is 9.99. The minimum atomic E-state index is -0.971. The maximum atomic E-state index is 13.8. The van der Waals surface area contributed by atoms with Crippen molar-refractivity contribution in [2.75, 3.05) is 5.32 Å². The number of aliphatic hydroxyl groups is 1. The SMILES string of the molecule is OC(c1c(F)cccc1Cl)C1Cc2ccccc2N1. The number of para-hydroxylation sites is 1. The molecule has 2 aromatic carbocycles. The first-order chi connectivity index (χ1) is 9.16. The molecule has 19 heavy (non-hydrogen) atoms. The van der Waals surface area contributed by atoms with Crippen LogP contribution in [0.3, 0.4) is 0 Å². The topological polar surface area (TPSA) is 32.3 Å². The van der Waals surface area contributed by atoms with Crippen LogP contribution in [-0.4, -0.2) is 11.1 Å². The van der Waals surface area contributed by atoms with Gasteiger partial charge in [0.15, 0.2) is 0 Å². The van der Waals surface area contributed by atoms with E-state index in [0.717, 1.165) is 11.3 Å². The number of fused-ring (bicyclic) bond motifs is 1. The highest BCUT2D eigenvalue weighted by molar-refractivity contribution is 6.31. The summed E-state index contributed by atoms with van der Waals surface area (Å²) in [5.74, 6) is -0.474. The van der Waals surface area contributed by atoms with Gasteiger partial charge in [-0.3, -0.25) is 0 Å². The largest absolute Gasteiger partial charge is 0.386 e. The van der Waals surface area contributed by atoms with Crippen molar-refractivity contribution in [2.45, 2.75) is 18.6 Å². The second kappa shape index (κ2) is 4.83. The second-order valence-electron chi connectivity index (χ2n) is 4.69. The molecule has 0 fully saturated rings. The van der Waals surface area contributed by atoms with E-state index in [2.05, 4.69) is 5.32 Å². The van der Waals surface area contributed by atoms with Crippen LogP contribution in [0.5, 0.6) is 0 Å². The predicted octanol–water partition coefficient (Wildman–Crippen LogP) is 3.55. The molecule has 2 unspecified atom stereocenters. The molecular formula is C15H13ClFNO. The number of aliphatic hydroxyl groups excluding tert-OH is 1. The van der Waals surface area contributed by atoms with Gasteiger partial charge < -0.3 is 10.4 Å². The Morgan fingerprint density at radius 1 is 1.21 bits per heavy atom. The predicted molar refractivity (Wildman–Crippen MR) is 73.9 cm³/mol. The van der Waals surface area contributed by atoms with E-state index < -0.39 is 11.9 Å². The number of anilines is 1. The molecule has 0 spiro atoms. The van der Waals surface area contributed by atoms with Crippen molar-refractivity contribution in [2.24, 2.45) is 0 Å². The molecule has 2 nitrogen and oxygen atoms in total. The van der Waals surface area contributed by atoms with Gasteiger partial charge in [-0.1, -0.05) is 35.9 Å². The summed E-state index contributed by atoms with van der Waals surface area (Å²) in [6.07, 6.45) is -0.316. The summed E-state index contributed by atoms with van der Waals surface area (Å²) in [7, 11) is 0. The molecule has 0 saturated carbocycles. The van der Waals surface area contributed by atoms with E-state index in [1.54, 1.807) is 6.07 Å². The molecule has 4 heteroatoms. The van der Waals surface area contributed by atoms with Crippen LogP contribution >= 0.6 is 11.6 Å². The van der Waals surface area contributed by atoms with Crippen LogP contribution in [0.15, 0.2) is 42.5 Å². The Morgan fingerprint density at radius 3 is 2.74 bits per heavy atom. The maximum absolute atomic E-state index is 13.8. The van der Waals surface area contributed by atoms with E-state index in [9.17, 15) is 9.50 Å². The molecule has 3 rings (SSSR count). The zero-order valence-corrected chi connectivity index (χ0v) is 10.9. The Hall–Kier alpha value is -1.58. The highest BCUT2D eigenvalue weighted by atomic mass is 35.5. The van der Waals surface area contributed by atoms with E-state index in [0.29, 0.717) is 6.42 Å². The van der Waals surface area contributed by atoms with E-state index in [-0.39, 0.29) is 16.6 Å². The Bertz CT molecular complexity index is 572. The third-order valence-corrected chi connectivity index (χ3v) is 3.80. The van der Waals surface area contributed by atoms with Crippen molar-refractivity contribution in [1.82, 2.24) is 0 Å². The van der Waals surface area contributed by atoms with E-state index in [1.807, 2.05) is 24.3 Å². The van der Waals surface area contributed by atoms with Gasteiger partial charge in [-0.25, -0.2) is 4.39 Å². The first-order valence-corrected chi connectivity index (χ1v) is 6.51. The highest BCUT2D eigenvalue weighted by Crippen LogP contribution is 2.35. The van der Waals surface area contributed by atoms with Crippen LogP contribution in [-0.2, 0) is 6.42 Å². The zero-order chi connectivity index (χ0) is 13.4. The summed E-state index contributed by atoms with van der Waals surface area (Å²) >= 11 is 5.99. The number of nitrogens with one attached hydrogen (secondary N) is 1. The fourth-order valence-corrected chi connectivity index (χ4v) is 2.79. The van der Waals surface area contributed by atoms with Gasteiger partial charge in [-0.15, -0.1) is 0 Å². The van der Waals surface area contributed by atoms with Gasteiger partial charge in [-0.05, 0) is 30.2 Å². The van der Waals surface area contributed by atoms with Gasteiger partial charge in [0.2, 0.25) is 0 Å². The molecule has 0 aromatic heterocycles. The lowest BCUT2D eigenvalue weighted by Crippen LogP contribution is -2.25. The molecule has 2 aromatic rings. The highest BCUT2D eigenvalue weighted by Gasteiger charge is 2.30. The lowest BCUT2D eigenvalue weighted by Gasteiger charge is -2.20. The number of hydrogen-bond acceptors (Lipinski definition) is 2. The van der Waals surface area contributed by atoms with Gasteiger partial charge >= 0.3 is 0 Å². The summed E-state index contributed by atoms with van der Waals surface area (Å²) in [4.78, 5) is 0. The minimum Gasteiger partial charge on any atom is -0.386 e. The third-order valence-electron chi connectivity index (χ3n) is 3.47. The van der Waals surface area contributed by atoms with E-state index >= 15 is 0 Å². The Morgan fingerprint density at radius 2 is 2.00 bits per heavy atom. The average molecular weight is 278 g/mol.